The van der Waals surface area contributed by atoms with Crippen molar-refractivity contribution < 1.29 is 9.47 Å². The third-order valence-corrected chi connectivity index (χ3v) is 16.7. The Balaban J connectivity index is 0.817. The van der Waals surface area contributed by atoms with Crippen molar-refractivity contribution in [2.45, 2.75) is 132 Å². The fourth-order valence-electron chi connectivity index (χ4n) is 13.6. The third-order valence-electron chi connectivity index (χ3n) is 16.7. The van der Waals surface area contributed by atoms with E-state index in [-0.39, 0.29) is 17.4 Å². The molecule has 0 amide bonds. The Kier molecular flexibility index (Phi) is 11.2. The summed E-state index contributed by atoms with van der Waals surface area (Å²) in [5.74, 6) is 4.83. The van der Waals surface area contributed by atoms with Crippen LogP contribution in [0, 0.1) is 23.7 Å². The third kappa shape index (κ3) is 7.44. The van der Waals surface area contributed by atoms with E-state index in [4.69, 9.17) is 9.47 Å². The molecule has 1 spiro atoms. The number of rotatable bonds is 8. The van der Waals surface area contributed by atoms with E-state index in [1.54, 1.807) is 0 Å². The van der Waals surface area contributed by atoms with Crippen LogP contribution in [0.4, 0.5) is 0 Å². The molecule has 7 unspecified atom stereocenters. The SMILES string of the molecule is C1=CCC(N(C2=CCCC=C2)C2CCC(C3C=CC4=C(C3)Oc3ccccc3C43C4=CCCC=C4OC4C=C(C5C=CC(N(C6=CCCC=C6)C6CC=CCC6)=CC5)C=CC43)CC2)C=C1. The minimum atomic E-state index is -0.383. The van der Waals surface area contributed by atoms with E-state index < -0.39 is 0 Å². The van der Waals surface area contributed by atoms with Crippen LogP contribution in [0.2, 0.25) is 0 Å². The molecule has 12 rings (SSSR count). The summed E-state index contributed by atoms with van der Waals surface area (Å²) in [6.45, 7) is 0. The Morgan fingerprint density at radius 2 is 1.43 bits per heavy atom. The largest absolute Gasteiger partial charge is 0.486 e. The molecule has 1 saturated carbocycles. The van der Waals surface area contributed by atoms with Gasteiger partial charge in [0.15, 0.2) is 0 Å². The summed E-state index contributed by atoms with van der Waals surface area (Å²) < 4.78 is 14.3. The van der Waals surface area contributed by atoms with Crippen molar-refractivity contribution in [3.8, 4) is 5.75 Å². The van der Waals surface area contributed by atoms with Crippen molar-refractivity contribution in [2.24, 2.45) is 23.7 Å². The van der Waals surface area contributed by atoms with Gasteiger partial charge in [-0.15, -0.1) is 0 Å². The van der Waals surface area contributed by atoms with Crippen LogP contribution >= 0.6 is 0 Å². The Morgan fingerprint density at radius 1 is 0.600 bits per heavy atom. The number of allylic oxidation sites excluding steroid dienone is 21. The van der Waals surface area contributed by atoms with Gasteiger partial charge in [-0.05, 0) is 150 Å². The Hall–Kier alpha value is -5.48. The van der Waals surface area contributed by atoms with Gasteiger partial charge in [-0.2, -0.15) is 0 Å². The van der Waals surface area contributed by atoms with Crippen molar-refractivity contribution in [3.05, 3.63) is 209 Å². The highest BCUT2D eigenvalue weighted by Gasteiger charge is 2.58. The lowest BCUT2D eigenvalue weighted by molar-refractivity contribution is 0.0608. The van der Waals surface area contributed by atoms with Crippen molar-refractivity contribution in [1.29, 1.82) is 0 Å². The highest BCUT2D eigenvalue weighted by Crippen LogP contribution is 2.62. The van der Waals surface area contributed by atoms with E-state index >= 15 is 0 Å². The Morgan fingerprint density at radius 3 is 2.22 bits per heavy atom. The van der Waals surface area contributed by atoms with Crippen LogP contribution in [0.3, 0.4) is 0 Å². The van der Waals surface area contributed by atoms with Crippen LogP contribution in [0.1, 0.15) is 108 Å². The predicted molar refractivity (Wildman–Crippen MR) is 265 cm³/mol. The van der Waals surface area contributed by atoms with E-state index in [9.17, 15) is 0 Å². The highest BCUT2D eigenvalue weighted by atomic mass is 16.5. The van der Waals surface area contributed by atoms with Gasteiger partial charge in [0.1, 0.15) is 23.4 Å². The molecule has 332 valence electrons. The number of benzene rings is 1. The van der Waals surface area contributed by atoms with E-state index in [1.165, 1.54) is 77.2 Å². The van der Waals surface area contributed by atoms with Crippen molar-refractivity contribution in [2.75, 3.05) is 0 Å². The lowest BCUT2D eigenvalue weighted by atomic mass is 9.54. The fourth-order valence-corrected chi connectivity index (χ4v) is 13.6. The zero-order valence-electron chi connectivity index (χ0n) is 38.2. The molecule has 2 fully saturated rings. The first-order valence-electron chi connectivity index (χ1n) is 25.6. The van der Waals surface area contributed by atoms with Gasteiger partial charge in [-0.3, -0.25) is 0 Å². The molecule has 2 aliphatic heterocycles. The summed E-state index contributed by atoms with van der Waals surface area (Å²) in [7, 11) is 0. The van der Waals surface area contributed by atoms with Crippen LogP contribution in [-0.4, -0.2) is 34.0 Å². The molecule has 9 aliphatic carbocycles. The van der Waals surface area contributed by atoms with Gasteiger partial charge in [-0.1, -0.05) is 121 Å². The van der Waals surface area contributed by atoms with E-state index in [2.05, 4.69) is 168 Å². The van der Waals surface area contributed by atoms with Crippen molar-refractivity contribution >= 4 is 0 Å². The fraction of sp³-hybridized carbons (Fsp3) is 0.410. The van der Waals surface area contributed by atoms with Crippen LogP contribution in [0.5, 0.6) is 5.75 Å². The Bertz CT molecular complexity index is 2530. The number of fused-ring (bicyclic) bond motifs is 7. The van der Waals surface area contributed by atoms with Gasteiger partial charge < -0.3 is 19.3 Å². The first-order valence-corrected chi connectivity index (χ1v) is 25.6. The smallest absolute Gasteiger partial charge is 0.131 e. The van der Waals surface area contributed by atoms with Gasteiger partial charge in [0.25, 0.3) is 0 Å². The molecule has 65 heavy (non-hydrogen) atoms. The van der Waals surface area contributed by atoms with Crippen molar-refractivity contribution in [3.63, 3.8) is 0 Å². The average Bonchev–Trinajstić information content (AvgIpc) is 3.38. The maximum absolute atomic E-state index is 7.18. The lowest BCUT2D eigenvalue weighted by Crippen LogP contribution is -2.52. The van der Waals surface area contributed by atoms with E-state index in [1.807, 2.05) is 0 Å². The van der Waals surface area contributed by atoms with Gasteiger partial charge in [0, 0.05) is 64.1 Å². The normalized spacial score (nSPS) is 34.1. The van der Waals surface area contributed by atoms with Crippen molar-refractivity contribution in [1.82, 2.24) is 9.80 Å². The molecular weight excluding hydrogens is 793 g/mol. The topological polar surface area (TPSA) is 24.9 Å². The summed E-state index contributed by atoms with van der Waals surface area (Å²) >= 11 is 0. The first kappa shape index (κ1) is 41.0. The molecule has 4 nitrogen and oxygen atoms in total. The molecule has 0 radical (unpaired) electrons. The molecule has 4 heteroatoms. The number of hydrogen-bond acceptors (Lipinski definition) is 4. The molecule has 2 heterocycles. The standard InChI is InChI=1S/C61H66N2O2/c1-5-17-47(18-6-1)62(48-19-7-2-8-20-48)51-35-29-43(30-36-51)45-33-39-55-59(41-45)64-57-27-15-13-25-53(57)61(55)54-26-14-16-28-58(54)65-60-42-46(34-40-56(60)61)44-31-37-52(38-32-44)63(49-21-9-3-10-22-49)50-23-11-4-12-24-50/h1,3,5-7,9,11,13,15,17,19-20,23-28,31,33-34,37-40,42-45,47,49,51,56,60H,2,4,8,10,12,14,16,18,21-22,29-30,32,35-36,41H2. The lowest BCUT2D eigenvalue weighted by Gasteiger charge is -2.54. The number of nitrogens with zero attached hydrogens (tertiary/aromatic N) is 2. The molecule has 0 N–H and O–H groups in total. The monoisotopic (exact) mass is 859 g/mol. The second-order valence-corrected chi connectivity index (χ2v) is 20.3. The van der Waals surface area contributed by atoms with Gasteiger partial charge >= 0.3 is 0 Å². The maximum atomic E-state index is 7.18. The maximum Gasteiger partial charge on any atom is 0.131 e. The van der Waals surface area contributed by atoms with Gasteiger partial charge in [0.2, 0.25) is 0 Å². The summed E-state index contributed by atoms with van der Waals surface area (Å²) in [4.78, 5) is 5.42. The molecule has 0 aromatic heterocycles. The van der Waals surface area contributed by atoms with E-state index in [0.717, 1.165) is 82.1 Å². The Labute approximate surface area is 388 Å². The molecular formula is C61H66N2O2. The minimum absolute atomic E-state index is 0.0776. The van der Waals surface area contributed by atoms with Gasteiger partial charge in [-0.25, -0.2) is 0 Å². The average molecular weight is 859 g/mol. The summed E-state index contributed by atoms with van der Waals surface area (Å²) in [6, 6.07) is 10.5. The molecule has 1 aromatic carbocycles. The van der Waals surface area contributed by atoms with Gasteiger partial charge in [0.05, 0.1) is 11.5 Å². The van der Waals surface area contributed by atoms with Crippen LogP contribution in [0.25, 0.3) is 0 Å². The second-order valence-electron chi connectivity index (χ2n) is 20.3. The summed E-state index contributed by atoms with van der Waals surface area (Å²) in [5, 5.41) is 0. The summed E-state index contributed by atoms with van der Waals surface area (Å²) in [5.41, 5.74) is 9.13. The quantitative estimate of drug-likeness (QED) is 0.243. The van der Waals surface area contributed by atoms with Crippen LogP contribution in [0.15, 0.2) is 203 Å². The molecule has 7 atom stereocenters. The predicted octanol–water partition coefficient (Wildman–Crippen LogP) is 14.3. The second kappa shape index (κ2) is 17.7. The number of ether oxygens (including phenoxy) is 2. The van der Waals surface area contributed by atoms with E-state index in [0.29, 0.717) is 35.9 Å². The number of hydrogen-bond donors (Lipinski definition) is 0. The number of para-hydroxylation sites is 1. The first-order chi connectivity index (χ1) is 32.2. The zero-order valence-corrected chi connectivity index (χ0v) is 38.2. The minimum Gasteiger partial charge on any atom is -0.486 e. The zero-order chi connectivity index (χ0) is 43.2. The highest BCUT2D eigenvalue weighted by molar-refractivity contribution is 5.67. The molecule has 11 aliphatic rings. The van der Waals surface area contributed by atoms with Crippen LogP contribution in [-0.2, 0) is 10.2 Å². The molecule has 0 bridgehead atoms. The molecule has 1 saturated heterocycles. The molecule has 1 aromatic rings. The summed E-state index contributed by atoms with van der Waals surface area (Å²) in [6.07, 6.45) is 71.4. The van der Waals surface area contributed by atoms with Crippen LogP contribution < -0.4 is 4.74 Å².